The van der Waals surface area contributed by atoms with Crippen LogP contribution in [0.5, 0.6) is 0 Å². The molecular weight excluding hydrogens is 394 g/mol. The summed E-state index contributed by atoms with van der Waals surface area (Å²) >= 11 is 3.50. The molecule has 0 fully saturated rings. The molecule has 0 bridgehead atoms. The van der Waals surface area contributed by atoms with Crippen molar-refractivity contribution in [1.82, 2.24) is 4.90 Å². The fourth-order valence-electron chi connectivity index (χ4n) is 4.42. The molecule has 1 aliphatic rings. The minimum Gasteiger partial charge on any atom is -0.323 e. The summed E-state index contributed by atoms with van der Waals surface area (Å²) < 4.78 is 2.53. The van der Waals surface area contributed by atoms with Crippen LogP contribution in [0.2, 0.25) is 0 Å². The fraction of sp³-hybridized carbons (Fsp3) is 0.0800. The topological polar surface area (TPSA) is 20.3 Å². The number of benzene rings is 3. The second-order valence-corrected chi connectivity index (χ2v) is 9.19. The lowest BCUT2D eigenvalue weighted by Gasteiger charge is -2.25. The molecule has 3 aromatic carbocycles. The molecule has 1 unspecified atom stereocenters. The van der Waals surface area contributed by atoms with Gasteiger partial charge in [0.2, 0.25) is 0 Å². The minimum absolute atomic E-state index is 0.0477. The second kappa shape index (κ2) is 6.55. The lowest BCUT2D eigenvalue weighted by Crippen LogP contribution is -2.28. The first-order chi connectivity index (χ1) is 14.3. The van der Waals surface area contributed by atoms with Gasteiger partial charge in [0, 0.05) is 21.5 Å². The highest BCUT2D eigenvalue weighted by atomic mass is 32.1. The molecule has 6 rings (SSSR count). The summed E-state index contributed by atoms with van der Waals surface area (Å²) in [5.41, 5.74) is 4.38. The Labute approximate surface area is 176 Å². The molecule has 0 saturated carbocycles. The van der Waals surface area contributed by atoms with Gasteiger partial charge in [0.1, 0.15) is 0 Å². The molecule has 2 nitrogen and oxygen atoms in total. The molecule has 4 heteroatoms. The summed E-state index contributed by atoms with van der Waals surface area (Å²) in [5, 5.41) is 6.91. The highest BCUT2D eigenvalue weighted by Crippen LogP contribution is 2.44. The average Bonchev–Trinajstić information content (AvgIpc) is 3.44. The van der Waals surface area contributed by atoms with Gasteiger partial charge in [-0.1, -0.05) is 54.6 Å². The molecule has 29 heavy (non-hydrogen) atoms. The van der Waals surface area contributed by atoms with E-state index < -0.39 is 0 Å². The quantitative estimate of drug-likeness (QED) is 0.317. The Balaban J connectivity index is 1.52. The van der Waals surface area contributed by atoms with E-state index in [1.54, 1.807) is 22.7 Å². The van der Waals surface area contributed by atoms with Crippen LogP contribution in [0.4, 0.5) is 0 Å². The number of nitrogens with zero attached hydrogens (tertiary/aromatic N) is 1. The van der Waals surface area contributed by atoms with Gasteiger partial charge in [-0.3, -0.25) is 4.79 Å². The van der Waals surface area contributed by atoms with Crippen LogP contribution in [0.1, 0.15) is 33.1 Å². The Bertz CT molecular complexity index is 1380. The zero-order chi connectivity index (χ0) is 19.4. The fourth-order valence-corrected chi connectivity index (χ4v) is 6.35. The number of hydrogen-bond acceptors (Lipinski definition) is 3. The van der Waals surface area contributed by atoms with Crippen molar-refractivity contribution in [2.24, 2.45) is 0 Å². The van der Waals surface area contributed by atoms with Gasteiger partial charge in [-0.05, 0) is 56.4 Å². The summed E-state index contributed by atoms with van der Waals surface area (Å²) in [7, 11) is 0. The highest BCUT2D eigenvalue weighted by molar-refractivity contribution is 7.17. The van der Waals surface area contributed by atoms with Crippen LogP contribution in [-0.4, -0.2) is 10.8 Å². The van der Waals surface area contributed by atoms with Crippen LogP contribution in [-0.2, 0) is 6.54 Å². The van der Waals surface area contributed by atoms with E-state index >= 15 is 0 Å². The summed E-state index contributed by atoms with van der Waals surface area (Å²) in [4.78, 5) is 15.5. The normalized spacial score (nSPS) is 16.1. The lowest BCUT2D eigenvalue weighted by molar-refractivity contribution is 0.0738. The van der Waals surface area contributed by atoms with Crippen LogP contribution < -0.4 is 0 Å². The van der Waals surface area contributed by atoms with E-state index in [9.17, 15) is 4.79 Å². The smallest absolute Gasteiger partial charge is 0.255 e. The third kappa shape index (κ3) is 2.56. The first-order valence-electron chi connectivity index (χ1n) is 9.62. The summed E-state index contributed by atoms with van der Waals surface area (Å²) in [6, 6.07) is 25.0. The molecule has 3 heterocycles. The first kappa shape index (κ1) is 17.0. The Kier molecular flexibility index (Phi) is 3.83. The van der Waals surface area contributed by atoms with Gasteiger partial charge in [0.05, 0.1) is 6.04 Å². The molecule has 1 atom stereocenters. The molecule has 0 saturated heterocycles. The number of carbonyl (C=O) groups is 1. The van der Waals surface area contributed by atoms with Crippen LogP contribution in [0.15, 0.2) is 83.6 Å². The average molecular weight is 412 g/mol. The van der Waals surface area contributed by atoms with Crippen molar-refractivity contribution < 1.29 is 4.79 Å². The SMILES string of the molecule is O=C1c2ccccc2C(c2csc3ccccc23)N1Cc1csc2ccccc12. The summed E-state index contributed by atoms with van der Waals surface area (Å²) in [5.74, 6) is 0.121. The largest absolute Gasteiger partial charge is 0.323 e. The van der Waals surface area contributed by atoms with Crippen LogP contribution in [0.3, 0.4) is 0 Å². The van der Waals surface area contributed by atoms with E-state index in [1.165, 1.54) is 31.3 Å². The Morgan fingerprint density at radius 3 is 2.24 bits per heavy atom. The molecule has 140 valence electrons. The zero-order valence-corrected chi connectivity index (χ0v) is 17.2. The monoisotopic (exact) mass is 411 g/mol. The van der Waals surface area contributed by atoms with Gasteiger partial charge in [0.15, 0.2) is 0 Å². The minimum atomic E-state index is -0.0477. The predicted molar refractivity (Wildman–Crippen MR) is 122 cm³/mol. The zero-order valence-electron chi connectivity index (χ0n) is 15.5. The maximum atomic E-state index is 13.4. The number of rotatable bonds is 3. The van der Waals surface area contributed by atoms with Gasteiger partial charge in [-0.2, -0.15) is 0 Å². The molecule has 5 aromatic rings. The maximum Gasteiger partial charge on any atom is 0.255 e. The van der Waals surface area contributed by atoms with E-state index in [4.69, 9.17) is 0 Å². The van der Waals surface area contributed by atoms with E-state index in [-0.39, 0.29) is 11.9 Å². The highest BCUT2D eigenvalue weighted by Gasteiger charge is 2.38. The number of fused-ring (bicyclic) bond motifs is 3. The van der Waals surface area contributed by atoms with Crippen molar-refractivity contribution in [2.75, 3.05) is 0 Å². The van der Waals surface area contributed by atoms with E-state index in [0.717, 1.165) is 11.1 Å². The van der Waals surface area contributed by atoms with Crippen molar-refractivity contribution in [3.8, 4) is 0 Å². The van der Waals surface area contributed by atoms with Crippen molar-refractivity contribution in [3.63, 3.8) is 0 Å². The maximum absolute atomic E-state index is 13.4. The molecule has 0 N–H and O–H groups in total. The second-order valence-electron chi connectivity index (χ2n) is 7.37. The van der Waals surface area contributed by atoms with E-state index in [1.807, 2.05) is 23.1 Å². The van der Waals surface area contributed by atoms with Gasteiger partial charge in [0.25, 0.3) is 5.91 Å². The van der Waals surface area contributed by atoms with Gasteiger partial charge < -0.3 is 4.90 Å². The third-order valence-corrected chi connectivity index (χ3v) is 7.76. The summed E-state index contributed by atoms with van der Waals surface area (Å²) in [6.07, 6.45) is 0. The predicted octanol–water partition coefficient (Wildman–Crippen LogP) is 6.86. The van der Waals surface area contributed by atoms with Gasteiger partial charge in [-0.25, -0.2) is 0 Å². The third-order valence-electron chi connectivity index (χ3n) is 5.77. The number of carbonyl (C=O) groups excluding carboxylic acids is 1. The Morgan fingerprint density at radius 2 is 1.38 bits per heavy atom. The molecule has 2 aromatic heterocycles. The first-order valence-corrected chi connectivity index (χ1v) is 11.4. The van der Waals surface area contributed by atoms with Crippen molar-refractivity contribution in [3.05, 3.63) is 106 Å². The van der Waals surface area contributed by atoms with Crippen molar-refractivity contribution in [1.29, 1.82) is 0 Å². The van der Waals surface area contributed by atoms with Crippen molar-refractivity contribution >= 4 is 48.8 Å². The summed E-state index contributed by atoms with van der Waals surface area (Å²) in [6.45, 7) is 0.617. The Morgan fingerprint density at radius 1 is 0.724 bits per heavy atom. The van der Waals surface area contributed by atoms with Crippen molar-refractivity contribution in [2.45, 2.75) is 12.6 Å². The van der Waals surface area contributed by atoms with Gasteiger partial charge >= 0.3 is 0 Å². The number of amides is 1. The van der Waals surface area contributed by atoms with Crippen LogP contribution >= 0.6 is 22.7 Å². The molecule has 0 spiro atoms. The lowest BCUT2D eigenvalue weighted by atomic mass is 9.97. The molecule has 0 aliphatic carbocycles. The number of thiophene rings is 2. The van der Waals surface area contributed by atoms with E-state index in [2.05, 4.69) is 65.4 Å². The van der Waals surface area contributed by atoms with Gasteiger partial charge in [-0.15, -0.1) is 22.7 Å². The molecular formula is C25H17NOS2. The van der Waals surface area contributed by atoms with Crippen LogP contribution in [0, 0.1) is 0 Å². The Hall–Kier alpha value is -2.95. The number of hydrogen-bond donors (Lipinski definition) is 0. The molecule has 1 amide bonds. The molecule has 0 radical (unpaired) electrons. The van der Waals surface area contributed by atoms with E-state index in [0.29, 0.717) is 6.54 Å². The molecule has 1 aliphatic heterocycles. The van der Waals surface area contributed by atoms with Crippen LogP contribution in [0.25, 0.3) is 20.2 Å². The standard InChI is InChI=1S/C25H17NOS2/c27-25-20-10-2-1-9-19(20)24(21-15-29-23-12-6-4-8-18(21)23)26(25)13-16-14-28-22-11-5-3-7-17(16)22/h1-12,14-15,24H,13H2.